The number of hydrogen-bond donors (Lipinski definition) is 0. The number of nitrogens with zero attached hydrogens (tertiary/aromatic N) is 1. The van der Waals surface area contributed by atoms with Crippen LogP contribution in [0.4, 0.5) is 0 Å². The van der Waals surface area contributed by atoms with Gasteiger partial charge in [-0.1, -0.05) is 42.4 Å². The highest BCUT2D eigenvalue weighted by Gasteiger charge is 2.31. The zero-order chi connectivity index (χ0) is 12.4. The van der Waals surface area contributed by atoms with E-state index in [0.29, 0.717) is 5.91 Å². The second-order valence-corrected chi connectivity index (χ2v) is 5.20. The van der Waals surface area contributed by atoms with Crippen LogP contribution in [0, 0.1) is 5.92 Å². The van der Waals surface area contributed by atoms with Crippen LogP contribution in [0.15, 0.2) is 47.7 Å². The fourth-order valence-electron chi connectivity index (χ4n) is 3.03. The molecular weight excluding hydrogens is 222 g/mol. The molecular formula is C16H19NO. The average Bonchev–Trinajstić information content (AvgIpc) is 3.04. The molecule has 0 bridgehead atoms. The standard InChI is InChI=1S/C16H19NO/c18-16-15(13-7-1-2-8-13)11-5-6-12-17(16)14-9-3-4-10-14/h1-4,7,9,15H,5-6,8,10-12H2. The zero-order valence-corrected chi connectivity index (χ0v) is 10.6. The summed E-state index contributed by atoms with van der Waals surface area (Å²) in [5.74, 6) is 0.432. The molecule has 3 aliphatic rings. The molecule has 1 atom stereocenters. The van der Waals surface area contributed by atoms with Crippen molar-refractivity contribution >= 4 is 5.91 Å². The van der Waals surface area contributed by atoms with Crippen LogP contribution < -0.4 is 0 Å². The minimum atomic E-state index is 0.115. The van der Waals surface area contributed by atoms with Gasteiger partial charge in [0.25, 0.3) is 0 Å². The number of amides is 1. The highest BCUT2D eigenvalue weighted by Crippen LogP contribution is 2.31. The minimum absolute atomic E-state index is 0.115. The van der Waals surface area contributed by atoms with Crippen molar-refractivity contribution in [2.75, 3.05) is 6.54 Å². The number of carbonyl (C=O) groups is 1. The van der Waals surface area contributed by atoms with Crippen LogP contribution >= 0.6 is 0 Å². The molecule has 1 heterocycles. The first-order chi connectivity index (χ1) is 8.86. The summed E-state index contributed by atoms with van der Waals surface area (Å²) in [6.45, 7) is 0.892. The summed E-state index contributed by atoms with van der Waals surface area (Å²) in [7, 11) is 0. The van der Waals surface area contributed by atoms with Gasteiger partial charge in [-0.05, 0) is 25.3 Å². The monoisotopic (exact) mass is 241 g/mol. The summed E-state index contributed by atoms with van der Waals surface area (Å²) in [6, 6.07) is 0. The van der Waals surface area contributed by atoms with Crippen molar-refractivity contribution in [1.29, 1.82) is 0 Å². The van der Waals surface area contributed by atoms with Gasteiger partial charge in [-0.25, -0.2) is 0 Å². The fourth-order valence-corrected chi connectivity index (χ4v) is 3.03. The van der Waals surface area contributed by atoms with E-state index in [1.165, 1.54) is 11.3 Å². The third-order valence-corrected chi connectivity index (χ3v) is 4.03. The summed E-state index contributed by atoms with van der Waals surface area (Å²) < 4.78 is 0. The second kappa shape index (κ2) is 4.97. The van der Waals surface area contributed by atoms with Crippen LogP contribution in [0.5, 0.6) is 0 Å². The average molecular weight is 241 g/mol. The molecule has 1 fully saturated rings. The fraction of sp³-hybridized carbons (Fsp3) is 0.438. The van der Waals surface area contributed by atoms with E-state index >= 15 is 0 Å². The van der Waals surface area contributed by atoms with E-state index in [1.807, 2.05) is 4.90 Å². The first kappa shape index (κ1) is 11.5. The summed E-state index contributed by atoms with van der Waals surface area (Å²) >= 11 is 0. The van der Waals surface area contributed by atoms with Crippen LogP contribution in [0.2, 0.25) is 0 Å². The molecule has 18 heavy (non-hydrogen) atoms. The van der Waals surface area contributed by atoms with Crippen molar-refractivity contribution in [3.8, 4) is 0 Å². The lowest BCUT2D eigenvalue weighted by Crippen LogP contribution is -2.34. The molecule has 1 aliphatic heterocycles. The van der Waals surface area contributed by atoms with E-state index in [0.717, 1.165) is 38.6 Å². The lowest BCUT2D eigenvalue weighted by Gasteiger charge is -2.26. The van der Waals surface area contributed by atoms with Gasteiger partial charge in [-0.15, -0.1) is 0 Å². The molecule has 2 heteroatoms. The molecule has 3 rings (SSSR count). The number of likely N-dealkylation sites (tertiary alicyclic amines) is 1. The number of rotatable bonds is 2. The van der Waals surface area contributed by atoms with Crippen molar-refractivity contribution in [2.45, 2.75) is 32.1 Å². The van der Waals surface area contributed by atoms with E-state index in [9.17, 15) is 4.79 Å². The van der Waals surface area contributed by atoms with Crippen molar-refractivity contribution in [1.82, 2.24) is 4.90 Å². The Morgan fingerprint density at radius 2 is 1.89 bits per heavy atom. The normalized spacial score (nSPS) is 27.4. The number of hydrogen-bond acceptors (Lipinski definition) is 1. The third kappa shape index (κ3) is 2.07. The molecule has 2 aliphatic carbocycles. The Labute approximate surface area is 108 Å². The Hall–Kier alpha value is -1.57. The van der Waals surface area contributed by atoms with Gasteiger partial charge in [0.2, 0.25) is 5.91 Å². The van der Waals surface area contributed by atoms with Crippen LogP contribution in [-0.4, -0.2) is 17.4 Å². The maximum absolute atomic E-state index is 12.7. The van der Waals surface area contributed by atoms with E-state index < -0.39 is 0 Å². The Balaban J connectivity index is 1.81. The van der Waals surface area contributed by atoms with Gasteiger partial charge >= 0.3 is 0 Å². The van der Waals surface area contributed by atoms with Gasteiger partial charge in [-0.2, -0.15) is 0 Å². The molecule has 1 unspecified atom stereocenters. The summed E-state index contributed by atoms with van der Waals surface area (Å²) in [5.41, 5.74) is 2.48. The molecule has 0 aromatic carbocycles. The SMILES string of the molecule is O=C1C(C2=CC=CC2)CCCCN1C1=CC=CC1. The molecule has 2 nitrogen and oxygen atoms in total. The lowest BCUT2D eigenvalue weighted by molar-refractivity contribution is -0.131. The molecule has 0 aromatic heterocycles. The summed E-state index contributed by atoms with van der Waals surface area (Å²) in [5, 5.41) is 0. The van der Waals surface area contributed by atoms with Gasteiger partial charge in [0, 0.05) is 18.7 Å². The minimum Gasteiger partial charge on any atom is -0.315 e. The van der Waals surface area contributed by atoms with Crippen LogP contribution in [0.1, 0.15) is 32.1 Å². The molecule has 0 saturated carbocycles. The quantitative estimate of drug-likeness (QED) is 0.726. The molecule has 1 saturated heterocycles. The highest BCUT2D eigenvalue weighted by atomic mass is 16.2. The largest absolute Gasteiger partial charge is 0.315 e. The molecule has 1 amide bonds. The van der Waals surface area contributed by atoms with Crippen LogP contribution in [0.3, 0.4) is 0 Å². The first-order valence-corrected chi connectivity index (χ1v) is 6.89. The third-order valence-electron chi connectivity index (χ3n) is 4.03. The van der Waals surface area contributed by atoms with Crippen molar-refractivity contribution < 1.29 is 4.79 Å². The Morgan fingerprint density at radius 3 is 2.61 bits per heavy atom. The highest BCUT2D eigenvalue weighted by molar-refractivity contribution is 5.84. The van der Waals surface area contributed by atoms with Crippen molar-refractivity contribution in [3.05, 3.63) is 47.7 Å². The van der Waals surface area contributed by atoms with Crippen molar-refractivity contribution in [2.24, 2.45) is 5.92 Å². The molecule has 0 N–H and O–H groups in total. The molecule has 0 aromatic rings. The van der Waals surface area contributed by atoms with Crippen molar-refractivity contribution in [3.63, 3.8) is 0 Å². The maximum Gasteiger partial charge on any atom is 0.233 e. The van der Waals surface area contributed by atoms with Gasteiger partial charge in [-0.3, -0.25) is 4.79 Å². The molecule has 0 spiro atoms. The van der Waals surface area contributed by atoms with E-state index in [2.05, 4.69) is 36.5 Å². The van der Waals surface area contributed by atoms with E-state index in [1.54, 1.807) is 0 Å². The van der Waals surface area contributed by atoms with Crippen LogP contribution in [-0.2, 0) is 4.79 Å². The Kier molecular flexibility index (Phi) is 3.18. The zero-order valence-electron chi connectivity index (χ0n) is 10.6. The first-order valence-electron chi connectivity index (χ1n) is 6.89. The van der Waals surface area contributed by atoms with Gasteiger partial charge in [0.15, 0.2) is 0 Å². The lowest BCUT2D eigenvalue weighted by atomic mass is 9.92. The summed E-state index contributed by atoms with van der Waals surface area (Å²) in [6.07, 6.45) is 17.8. The molecule has 94 valence electrons. The maximum atomic E-state index is 12.7. The van der Waals surface area contributed by atoms with E-state index in [4.69, 9.17) is 0 Å². The van der Waals surface area contributed by atoms with Gasteiger partial charge < -0.3 is 4.90 Å². The van der Waals surface area contributed by atoms with Gasteiger partial charge in [0.05, 0.1) is 5.92 Å². The van der Waals surface area contributed by atoms with E-state index in [-0.39, 0.29) is 5.92 Å². The molecule has 0 radical (unpaired) electrons. The summed E-state index contributed by atoms with van der Waals surface area (Å²) in [4.78, 5) is 14.7. The topological polar surface area (TPSA) is 20.3 Å². The van der Waals surface area contributed by atoms with Crippen LogP contribution in [0.25, 0.3) is 0 Å². The predicted octanol–water partition coefficient (Wildman–Crippen LogP) is 3.35. The number of carbonyl (C=O) groups excluding carboxylic acids is 1. The Bertz CT molecular complexity index is 425. The van der Waals surface area contributed by atoms with Gasteiger partial charge in [0.1, 0.15) is 0 Å². The number of allylic oxidation sites excluding steroid dienone is 6. The predicted molar refractivity (Wildman–Crippen MR) is 72.7 cm³/mol. The smallest absolute Gasteiger partial charge is 0.233 e. The second-order valence-electron chi connectivity index (χ2n) is 5.20. The Morgan fingerprint density at radius 1 is 1.06 bits per heavy atom.